The third-order valence-corrected chi connectivity index (χ3v) is 10.00. The van der Waals surface area contributed by atoms with Gasteiger partial charge < -0.3 is 9.88 Å². The number of benzene rings is 3. The van der Waals surface area contributed by atoms with Gasteiger partial charge in [0.2, 0.25) is 0 Å². The predicted molar refractivity (Wildman–Crippen MR) is 169 cm³/mol. The van der Waals surface area contributed by atoms with Crippen LogP contribution in [-0.4, -0.2) is 28.9 Å². The first-order valence-corrected chi connectivity index (χ1v) is 16.0. The summed E-state index contributed by atoms with van der Waals surface area (Å²) >= 11 is 1.30. The SMILES string of the molecule is N#Cc1ccc(Cn2cncc2CN(c2ccc3sc(C(=O)NCc4cccnc4)cc3c2)S(=O)(=O)c2cccc(F)c2)cc1. The molecule has 3 aromatic carbocycles. The monoisotopic (exact) mass is 636 g/mol. The molecular formula is C33H25FN6O3S2. The number of halogens is 1. The van der Waals surface area contributed by atoms with Crippen molar-refractivity contribution in [2.75, 3.05) is 4.31 Å². The number of hydrogen-bond donors (Lipinski definition) is 1. The number of nitrogens with zero attached hydrogens (tertiary/aromatic N) is 5. The Balaban J connectivity index is 1.33. The van der Waals surface area contributed by atoms with E-state index in [1.54, 1.807) is 67.4 Å². The van der Waals surface area contributed by atoms with Gasteiger partial charge in [0, 0.05) is 36.4 Å². The highest BCUT2D eigenvalue weighted by Gasteiger charge is 2.27. The number of carbonyl (C=O) groups excluding carboxylic acids is 1. The number of nitriles is 1. The molecule has 1 amide bonds. The third kappa shape index (κ3) is 6.59. The van der Waals surface area contributed by atoms with E-state index < -0.39 is 15.8 Å². The summed E-state index contributed by atoms with van der Waals surface area (Å²) in [6, 6.07) is 24.6. The molecular weight excluding hydrogens is 612 g/mol. The van der Waals surface area contributed by atoms with Crippen LogP contribution in [0.5, 0.6) is 0 Å². The summed E-state index contributed by atoms with van der Waals surface area (Å²) in [7, 11) is -4.23. The van der Waals surface area contributed by atoms with Crippen molar-refractivity contribution >= 4 is 43.0 Å². The molecule has 0 aliphatic heterocycles. The van der Waals surface area contributed by atoms with Crippen LogP contribution < -0.4 is 9.62 Å². The first-order valence-electron chi connectivity index (χ1n) is 13.8. The Kier molecular flexibility index (Phi) is 8.37. The number of anilines is 1. The Hall–Kier alpha value is -5.38. The summed E-state index contributed by atoms with van der Waals surface area (Å²) in [5.74, 6) is -0.922. The van der Waals surface area contributed by atoms with Crippen LogP contribution in [0, 0.1) is 17.1 Å². The van der Waals surface area contributed by atoms with Crippen LogP contribution in [0.2, 0.25) is 0 Å². The summed E-state index contributed by atoms with van der Waals surface area (Å²) in [6.07, 6.45) is 6.54. The van der Waals surface area contributed by atoms with Gasteiger partial charge in [0.1, 0.15) is 5.82 Å². The molecule has 6 rings (SSSR count). The highest BCUT2D eigenvalue weighted by atomic mass is 32.2. The summed E-state index contributed by atoms with van der Waals surface area (Å²) in [4.78, 5) is 21.5. The zero-order chi connectivity index (χ0) is 31.4. The fourth-order valence-electron chi connectivity index (χ4n) is 4.79. The van der Waals surface area contributed by atoms with E-state index >= 15 is 0 Å². The molecule has 0 radical (unpaired) electrons. The molecule has 12 heteroatoms. The number of amides is 1. The Labute approximate surface area is 262 Å². The number of pyridine rings is 1. The minimum atomic E-state index is -4.23. The van der Waals surface area contributed by atoms with Crippen molar-refractivity contribution in [3.8, 4) is 6.07 Å². The van der Waals surface area contributed by atoms with Crippen molar-refractivity contribution in [2.45, 2.75) is 24.5 Å². The molecule has 1 N–H and O–H groups in total. The lowest BCUT2D eigenvalue weighted by atomic mass is 10.1. The van der Waals surface area contributed by atoms with Crippen molar-refractivity contribution in [1.29, 1.82) is 5.26 Å². The Bertz CT molecular complexity index is 2140. The van der Waals surface area contributed by atoms with Gasteiger partial charge in [0.15, 0.2) is 0 Å². The fraction of sp³-hybridized carbons (Fsp3) is 0.0909. The lowest BCUT2D eigenvalue weighted by Gasteiger charge is -2.25. The van der Waals surface area contributed by atoms with Gasteiger partial charge in [-0.2, -0.15) is 5.26 Å². The minimum Gasteiger partial charge on any atom is -0.347 e. The molecule has 9 nitrogen and oxygen atoms in total. The maximum absolute atomic E-state index is 14.2. The van der Waals surface area contributed by atoms with Crippen molar-refractivity contribution in [3.63, 3.8) is 0 Å². The van der Waals surface area contributed by atoms with Crippen molar-refractivity contribution in [2.24, 2.45) is 0 Å². The van der Waals surface area contributed by atoms with E-state index in [0.717, 1.165) is 21.9 Å². The van der Waals surface area contributed by atoms with Gasteiger partial charge in [-0.05, 0) is 77.2 Å². The molecule has 0 saturated heterocycles. The maximum atomic E-state index is 14.2. The zero-order valence-corrected chi connectivity index (χ0v) is 25.3. The molecule has 0 aliphatic rings. The van der Waals surface area contributed by atoms with Gasteiger partial charge in [-0.3, -0.25) is 14.1 Å². The smallest absolute Gasteiger partial charge is 0.264 e. The minimum absolute atomic E-state index is 0.0940. The standard InChI is InChI=1S/C33H25FN6O3S2/c34-27-4-1-5-30(15-27)45(42,43)40(21-29-19-37-22-39(29)20-24-8-6-23(16-35)7-9-24)28-10-11-31-26(13-28)14-32(44-31)33(41)38-18-25-3-2-12-36-17-25/h1-15,17,19,22H,18,20-21H2,(H,38,41). The normalized spacial score (nSPS) is 11.3. The number of rotatable bonds is 10. The average Bonchev–Trinajstić information content (AvgIpc) is 3.69. The van der Waals surface area contributed by atoms with E-state index in [9.17, 15) is 17.6 Å². The Morgan fingerprint density at radius 2 is 1.82 bits per heavy atom. The maximum Gasteiger partial charge on any atom is 0.264 e. The molecule has 0 fully saturated rings. The lowest BCUT2D eigenvalue weighted by molar-refractivity contribution is 0.0955. The number of carbonyl (C=O) groups is 1. The Morgan fingerprint density at radius 3 is 2.58 bits per heavy atom. The van der Waals surface area contributed by atoms with Gasteiger partial charge in [-0.15, -0.1) is 11.3 Å². The van der Waals surface area contributed by atoms with Crippen molar-refractivity contribution < 1.29 is 17.6 Å². The number of nitrogens with one attached hydrogen (secondary N) is 1. The number of thiophene rings is 1. The number of hydrogen-bond acceptors (Lipinski definition) is 7. The van der Waals surface area contributed by atoms with Crippen LogP contribution in [0.4, 0.5) is 10.1 Å². The van der Waals surface area contributed by atoms with E-state index in [-0.39, 0.29) is 17.3 Å². The summed E-state index contributed by atoms with van der Waals surface area (Å²) in [5.41, 5.74) is 3.25. The van der Waals surface area contributed by atoms with Gasteiger partial charge in [0.25, 0.3) is 15.9 Å². The number of fused-ring (bicyclic) bond motifs is 1. The highest BCUT2D eigenvalue weighted by Crippen LogP contribution is 2.33. The lowest BCUT2D eigenvalue weighted by Crippen LogP contribution is -2.31. The van der Waals surface area contributed by atoms with E-state index in [2.05, 4.69) is 21.4 Å². The first kappa shape index (κ1) is 29.7. The quantitative estimate of drug-likeness (QED) is 0.201. The van der Waals surface area contributed by atoms with E-state index in [1.807, 2.05) is 22.8 Å². The van der Waals surface area contributed by atoms with Crippen LogP contribution in [0.1, 0.15) is 32.1 Å². The Morgan fingerprint density at radius 1 is 0.978 bits per heavy atom. The molecule has 224 valence electrons. The molecule has 0 aliphatic carbocycles. The number of imidazole rings is 1. The van der Waals surface area contributed by atoms with Gasteiger partial charge in [-0.1, -0.05) is 24.3 Å². The van der Waals surface area contributed by atoms with Crippen molar-refractivity contribution in [3.05, 3.63) is 143 Å². The summed E-state index contributed by atoms with van der Waals surface area (Å²) in [5, 5.41) is 12.7. The third-order valence-electron chi connectivity index (χ3n) is 7.11. The molecule has 6 aromatic rings. The molecule has 3 heterocycles. The molecule has 0 atom stereocenters. The van der Waals surface area contributed by atoms with Crippen LogP contribution in [0.25, 0.3) is 10.1 Å². The van der Waals surface area contributed by atoms with Gasteiger partial charge >= 0.3 is 0 Å². The van der Waals surface area contributed by atoms with Crippen LogP contribution in [0.3, 0.4) is 0 Å². The molecule has 0 saturated carbocycles. The van der Waals surface area contributed by atoms with Crippen LogP contribution >= 0.6 is 11.3 Å². The van der Waals surface area contributed by atoms with E-state index in [4.69, 9.17) is 5.26 Å². The molecule has 3 aromatic heterocycles. The second-order valence-corrected chi connectivity index (χ2v) is 13.1. The second-order valence-electron chi connectivity index (χ2n) is 10.2. The van der Waals surface area contributed by atoms with Crippen LogP contribution in [0.15, 0.2) is 115 Å². The largest absolute Gasteiger partial charge is 0.347 e. The molecule has 45 heavy (non-hydrogen) atoms. The number of sulfonamides is 1. The van der Waals surface area contributed by atoms with Gasteiger partial charge in [0.05, 0.1) is 45.7 Å². The second kappa shape index (κ2) is 12.7. The van der Waals surface area contributed by atoms with E-state index in [1.165, 1.54) is 33.8 Å². The van der Waals surface area contributed by atoms with Crippen LogP contribution in [-0.2, 0) is 29.7 Å². The molecule has 0 spiro atoms. The molecule has 0 unspecified atom stereocenters. The van der Waals surface area contributed by atoms with Gasteiger partial charge in [-0.25, -0.2) is 17.8 Å². The first-order chi connectivity index (χ1) is 21.8. The molecule has 0 bridgehead atoms. The predicted octanol–water partition coefficient (Wildman–Crippen LogP) is 5.88. The highest BCUT2D eigenvalue weighted by molar-refractivity contribution is 7.92. The van der Waals surface area contributed by atoms with Crippen molar-refractivity contribution in [1.82, 2.24) is 19.9 Å². The van der Waals surface area contributed by atoms with E-state index in [0.29, 0.717) is 40.3 Å². The average molecular weight is 637 g/mol. The summed E-state index contributed by atoms with van der Waals surface area (Å²) < 4.78 is 46.2. The summed E-state index contributed by atoms with van der Waals surface area (Å²) in [6.45, 7) is 0.626. The number of aromatic nitrogens is 3. The topological polar surface area (TPSA) is 121 Å². The zero-order valence-electron chi connectivity index (χ0n) is 23.7. The fourth-order valence-corrected chi connectivity index (χ4v) is 7.21.